The number of ether oxygens (including phenoxy) is 2. The minimum Gasteiger partial charge on any atom is -0.493 e. The summed E-state index contributed by atoms with van der Waals surface area (Å²) in [6.45, 7) is 3.88. The molecule has 6 heteroatoms. The average molecular weight is 448 g/mol. The number of nitrogens with zero attached hydrogens (tertiary/aromatic N) is 1. The van der Waals surface area contributed by atoms with E-state index in [-0.39, 0.29) is 12.0 Å². The van der Waals surface area contributed by atoms with E-state index in [0.29, 0.717) is 24.7 Å². The third-order valence-corrected chi connectivity index (χ3v) is 5.63. The van der Waals surface area contributed by atoms with Crippen molar-refractivity contribution in [3.8, 4) is 11.5 Å². The van der Waals surface area contributed by atoms with Crippen molar-refractivity contribution in [1.82, 2.24) is 4.90 Å². The van der Waals surface area contributed by atoms with Gasteiger partial charge < -0.3 is 14.6 Å². The van der Waals surface area contributed by atoms with Crippen LogP contribution in [0.15, 0.2) is 46.9 Å². The highest BCUT2D eigenvalue weighted by molar-refractivity contribution is 9.10. The Morgan fingerprint density at radius 3 is 2.71 bits per heavy atom. The third-order valence-electron chi connectivity index (χ3n) is 5.13. The molecule has 1 aliphatic heterocycles. The molecule has 2 atom stereocenters. The Balaban J connectivity index is 2.04. The van der Waals surface area contributed by atoms with Gasteiger partial charge in [0, 0.05) is 11.0 Å². The normalized spacial score (nSPS) is 18.5. The lowest BCUT2D eigenvalue weighted by Crippen LogP contribution is -2.41. The first kappa shape index (κ1) is 20.7. The van der Waals surface area contributed by atoms with Crippen molar-refractivity contribution in [2.75, 3.05) is 26.8 Å². The van der Waals surface area contributed by atoms with Gasteiger partial charge in [-0.1, -0.05) is 34.1 Å². The third kappa shape index (κ3) is 4.67. The van der Waals surface area contributed by atoms with Crippen LogP contribution in [0.3, 0.4) is 0 Å². The Morgan fingerprint density at radius 1 is 1.25 bits per heavy atom. The molecule has 0 radical (unpaired) electrons. The molecule has 1 fully saturated rings. The first-order valence-electron chi connectivity index (χ1n) is 9.56. The van der Waals surface area contributed by atoms with Crippen LogP contribution in [0.2, 0.25) is 0 Å². The van der Waals surface area contributed by atoms with E-state index in [1.54, 1.807) is 7.11 Å². The van der Waals surface area contributed by atoms with E-state index in [2.05, 4.69) is 33.0 Å². The van der Waals surface area contributed by atoms with Crippen molar-refractivity contribution in [3.63, 3.8) is 0 Å². The van der Waals surface area contributed by atoms with Gasteiger partial charge in [0.25, 0.3) is 0 Å². The number of methoxy groups -OCH3 is 1. The lowest BCUT2D eigenvalue weighted by Gasteiger charge is -2.37. The van der Waals surface area contributed by atoms with Crippen molar-refractivity contribution in [1.29, 1.82) is 0 Å². The predicted molar refractivity (Wildman–Crippen MR) is 112 cm³/mol. The molecule has 1 aliphatic rings. The Labute approximate surface area is 174 Å². The molecule has 0 aromatic heterocycles. The molecule has 0 amide bonds. The molecular weight excluding hydrogens is 422 g/mol. The summed E-state index contributed by atoms with van der Waals surface area (Å²) in [5.41, 5.74) is 2.18. The van der Waals surface area contributed by atoms with Gasteiger partial charge in [0.2, 0.25) is 0 Å². The molecule has 5 nitrogen and oxygen atoms in total. The lowest BCUT2D eigenvalue weighted by molar-refractivity contribution is -0.143. The summed E-state index contributed by atoms with van der Waals surface area (Å²) in [5.74, 6) is 0.338. The fourth-order valence-electron chi connectivity index (χ4n) is 3.86. The number of rotatable bonds is 7. The molecule has 1 saturated heterocycles. The first-order valence-corrected chi connectivity index (χ1v) is 10.4. The Morgan fingerprint density at radius 2 is 2.04 bits per heavy atom. The number of hydrogen-bond acceptors (Lipinski definition) is 4. The lowest BCUT2D eigenvalue weighted by atomic mass is 9.91. The van der Waals surface area contributed by atoms with Crippen LogP contribution >= 0.6 is 15.9 Å². The maximum atomic E-state index is 11.6. The zero-order valence-electron chi connectivity index (χ0n) is 16.2. The summed E-state index contributed by atoms with van der Waals surface area (Å²) < 4.78 is 12.2. The molecule has 1 heterocycles. The number of aliphatic carboxylic acids is 1. The zero-order valence-corrected chi connectivity index (χ0v) is 17.8. The molecule has 2 unspecified atom stereocenters. The topological polar surface area (TPSA) is 59.0 Å². The number of hydrogen-bond donors (Lipinski definition) is 1. The monoisotopic (exact) mass is 447 g/mol. The highest BCUT2D eigenvalue weighted by Gasteiger charge is 2.31. The first-order chi connectivity index (χ1) is 13.5. The van der Waals surface area contributed by atoms with E-state index < -0.39 is 5.97 Å². The number of benzene rings is 2. The van der Waals surface area contributed by atoms with Gasteiger partial charge in [-0.25, -0.2) is 0 Å². The maximum Gasteiger partial charge on any atom is 0.307 e. The standard InChI is InChI=1S/C22H26BrNO4/c1-3-28-20-13-16(9-10-19(20)27-2)21(15-6-4-8-18(23)12-15)24-11-5-7-17(14-24)22(25)26/h4,6,8-10,12-13,17,21H,3,5,7,11,14H2,1-2H3,(H,25,26). The molecule has 0 spiro atoms. The Kier molecular flexibility index (Phi) is 6.97. The van der Waals surface area contributed by atoms with Crippen molar-refractivity contribution in [2.45, 2.75) is 25.8 Å². The second-order valence-electron chi connectivity index (χ2n) is 6.97. The molecule has 0 bridgehead atoms. The molecule has 3 rings (SSSR count). The molecule has 2 aromatic rings. The molecular formula is C22H26BrNO4. The van der Waals surface area contributed by atoms with Crippen LogP contribution in [0.1, 0.15) is 36.9 Å². The van der Waals surface area contributed by atoms with Gasteiger partial charge in [0.15, 0.2) is 11.5 Å². The quantitative estimate of drug-likeness (QED) is 0.663. The van der Waals surface area contributed by atoms with E-state index in [9.17, 15) is 9.90 Å². The van der Waals surface area contributed by atoms with Gasteiger partial charge in [0.05, 0.1) is 25.7 Å². The fourth-order valence-corrected chi connectivity index (χ4v) is 4.28. The Bertz CT molecular complexity index is 826. The number of carboxylic acid groups (broad SMARTS) is 1. The summed E-state index contributed by atoms with van der Waals surface area (Å²) in [6.07, 6.45) is 1.60. The Hall–Kier alpha value is -2.05. The van der Waals surface area contributed by atoms with Gasteiger partial charge >= 0.3 is 5.97 Å². The van der Waals surface area contributed by atoms with Gasteiger partial charge in [-0.05, 0) is 61.7 Å². The fraction of sp³-hybridized carbons (Fsp3) is 0.409. The summed E-state index contributed by atoms with van der Waals surface area (Å²) in [7, 11) is 1.63. The van der Waals surface area contributed by atoms with E-state index in [0.717, 1.165) is 35.0 Å². The largest absolute Gasteiger partial charge is 0.493 e. The van der Waals surface area contributed by atoms with Crippen molar-refractivity contribution >= 4 is 21.9 Å². The van der Waals surface area contributed by atoms with Gasteiger partial charge in [0.1, 0.15) is 0 Å². The smallest absolute Gasteiger partial charge is 0.307 e. The van der Waals surface area contributed by atoms with Gasteiger partial charge in [-0.15, -0.1) is 0 Å². The van der Waals surface area contributed by atoms with Crippen molar-refractivity contribution in [2.24, 2.45) is 5.92 Å². The summed E-state index contributed by atoms with van der Waals surface area (Å²) >= 11 is 3.57. The summed E-state index contributed by atoms with van der Waals surface area (Å²) in [4.78, 5) is 13.9. The van der Waals surface area contributed by atoms with Crippen LogP contribution in [-0.2, 0) is 4.79 Å². The van der Waals surface area contributed by atoms with E-state index in [1.165, 1.54) is 0 Å². The van der Waals surface area contributed by atoms with Crippen LogP contribution in [0.25, 0.3) is 0 Å². The number of likely N-dealkylation sites (tertiary alicyclic amines) is 1. The molecule has 150 valence electrons. The van der Waals surface area contributed by atoms with Crippen LogP contribution < -0.4 is 9.47 Å². The number of piperidine rings is 1. The van der Waals surface area contributed by atoms with Crippen LogP contribution in [-0.4, -0.2) is 42.8 Å². The summed E-state index contributed by atoms with van der Waals surface area (Å²) in [6, 6.07) is 14.1. The number of carbonyl (C=O) groups is 1. The zero-order chi connectivity index (χ0) is 20.1. The van der Waals surface area contributed by atoms with Gasteiger partial charge in [-0.3, -0.25) is 9.69 Å². The molecule has 2 aromatic carbocycles. The predicted octanol–water partition coefficient (Wildman–Crippen LogP) is 4.74. The number of halogens is 1. The number of carboxylic acids is 1. The molecule has 0 aliphatic carbocycles. The highest BCUT2D eigenvalue weighted by atomic mass is 79.9. The minimum atomic E-state index is -0.720. The van der Waals surface area contributed by atoms with E-state index >= 15 is 0 Å². The van der Waals surface area contributed by atoms with E-state index in [4.69, 9.17) is 9.47 Å². The molecule has 1 N–H and O–H groups in total. The minimum absolute atomic E-state index is 0.0511. The maximum absolute atomic E-state index is 11.6. The highest BCUT2D eigenvalue weighted by Crippen LogP contribution is 2.37. The molecule has 0 saturated carbocycles. The van der Waals surface area contributed by atoms with Crippen LogP contribution in [0, 0.1) is 5.92 Å². The van der Waals surface area contributed by atoms with Crippen LogP contribution in [0.4, 0.5) is 0 Å². The van der Waals surface area contributed by atoms with E-state index in [1.807, 2.05) is 37.3 Å². The second kappa shape index (κ2) is 9.43. The van der Waals surface area contributed by atoms with Crippen molar-refractivity contribution in [3.05, 3.63) is 58.1 Å². The van der Waals surface area contributed by atoms with Gasteiger partial charge in [-0.2, -0.15) is 0 Å². The SMILES string of the molecule is CCOc1cc(C(c2cccc(Br)c2)N2CCCC(C(=O)O)C2)ccc1OC. The van der Waals surface area contributed by atoms with Crippen molar-refractivity contribution < 1.29 is 19.4 Å². The average Bonchev–Trinajstić information content (AvgIpc) is 2.69. The second-order valence-corrected chi connectivity index (χ2v) is 7.89. The van der Waals surface area contributed by atoms with Crippen LogP contribution in [0.5, 0.6) is 11.5 Å². The molecule has 28 heavy (non-hydrogen) atoms. The summed E-state index contributed by atoms with van der Waals surface area (Å²) in [5, 5.41) is 9.53.